The molecule has 3 rings (SSSR count). The number of hydrogen-bond acceptors (Lipinski definition) is 1. The molecule has 1 aromatic rings. The molecule has 0 unspecified atom stereocenters. The molecular weight excluding hydrogens is 297 g/mol. The van der Waals surface area contributed by atoms with Crippen molar-refractivity contribution in [3.05, 3.63) is 27.3 Å². The van der Waals surface area contributed by atoms with E-state index in [0.717, 1.165) is 0 Å². The van der Waals surface area contributed by atoms with E-state index in [2.05, 4.69) is 46.1 Å². The molecule has 0 aromatic heterocycles. The number of nitrogens with one attached hydrogen (secondary N) is 1. The van der Waals surface area contributed by atoms with Crippen LogP contribution in [0.2, 0.25) is 0 Å². The Bertz CT molecular complexity index is 380. The van der Waals surface area contributed by atoms with Crippen molar-refractivity contribution < 1.29 is 0 Å². The first-order valence-corrected chi connectivity index (χ1v) is 6.92. The third-order valence-electron chi connectivity index (χ3n) is 3.98. The number of anilines is 1. The van der Waals surface area contributed by atoms with Crippen molar-refractivity contribution in [2.75, 3.05) is 11.9 Å². The Morgan fingerprint density at radius 3 is 2.73 bits per heavy atom. The fourth-order valence-electron chi connectivity index (χ4n) is 3.16. The predicted molar refractivity (Wildman–Crippen MR) is 72.4 cm³/mol. The summed E-state index contributed by atoms with van der Waals surface area (Å²) in [5.74, 6) is 0. The minimum atomic E-state index is 0.484. The SMILES string of the molecule is Ic1ccc2c(c1)NCC21CCCCC1. The van der Waals surface area contributed by atoms with Gasteiger partial charge in [0.1, 0.15) is 0 Å². The maximum Gasteiger partial charge on any atom is 0.0390 e. The molecule has 1 N–H and O–H groups in total. The molecule has 1 aliphatic heterocycles. The maximum atomic E-state index is 3.60. The van der Waals surface area contributed by atoms with Crippen LogP contribution in [-0.4, -0.2) is 6.54 Å². The molecule has 0 bridgehead atoms. The van der Waals surface area contributed by atoms with Crippen molar-refractivity contribution in [3.8, 4) is 0 Å². The molecule has 1 fully saturated rings. The minimum Gasteiger partial charge on any atom is -0.384 e. The van der Waals surface area contributed by atoms with Crippen LogP contribution in [0, 0.1) is 3.57 Å². The van der Waals surface area contributed by atoms with Gasteiger partial charge in [-0.05, 0) is 53.1 Å². The summed E-state index contributed by atoms with van der Waals surface area (Å²) in [7, 11) is 0. The Balaban J connectivity index is 2.03. The van der Waals surface area contributed by atoms with Crippen LogP contribution in [0.3, 0.4) is 0 Å². The predicted octanol–water partition coefficient (Wildman–Crippen LogP) is 3.92. The average Bonchev–Trinajstić information content (AvgIpc) is 2.58. The van der Waals surface area contributed by atoms with Gasteiger partial charge in [-0.2, -0.15) is 0 Å². The number of benzene rings is 1. The topological polar surface area (TPSA) is 12.0 Å². The summed E-state index contributed by atoms with van der Waals surface area (Å²) in [6.07, 6.45) is 7.02. The highest BCUT2D eigenvalue weighted by atomic mass is 127. The number of halogens is 1. The molecule has 1 aromatic carbocycles. The Hall–Kier alpha value is -0.250. The Morgan fingerprint density at radius 1 is 1.13 bits per heavy atom. The van der Waals surface area contributed by atoms with Crippen molar-refractivity contribution in [2.45, 2.75) is 37.5 Å². The van der Waals surface area contributed by atoms with Gasteiger partial charge in [0.2, 0.25) is 0 Å². The third kappa shape index (κ3) is 1.57. The van der Waals surface area contributed by atoms with Crippen molar-refractivity contribution in [1.29, 1.82) is 0 Å². The van der Waals surface area contributed by atoms with Crippen LogP contribution >= 0.6 is 22.6 Å². The largest absolute Gasteiger partial charge is 0.384 e. The summed E-state index contributed by atoms with van der Waals surface area (Å²) < 4.78 is 1.34. The average molecular weight is 313 g/mol. The molecule has 2 heteroatoms. The first-order valence-electron chi connectivity index (χ1n) is 5.84. The van der Waals surface area contributed by atoms with E-state index in [1.54, 1.807) is 5.56 Å². The molecule has 1 aliphatic carbocycles. The second-order valence-corrected chi connectivity index (χ2v) is 6.13. The minimum absolute atomic E-state index is 0.484. The molecule has 1 saturated carbocycles. The summed E-state index contributed by atoms with van der Waals surface area (Å²) in [6, 6.07) is 6.89. The normalized spacial score (nSPS) is 22.5. The molecule has 1 heterocycles. The van der Waals surface area contributed by atoms with E-state index in [1.807, 2.05) is 0 Å². The van der Waals surface area contributed by atoms with Crippen molar-refractivity contribution in [2.24, 2.45) is 0 Å². The summed E-state index contributed by atoms with van der Waals surface area (Å²) in [4.78, 5) is 0. The lowest BCUT2D eigenvalue weighted by Gasteiger charge is -2.33. The highest BCUT2D eigenvalue weighted by molar-refractivity contribution is 14.1. The van der Waals surface area contributed by atoms with Gasteiger partial charge in [-0.1, -0.05) is 25.3 Å². The lowest BCUT2D eigenvalue weighted by molar-refractivity contribution is 0.319. The van der Waals surface area contributed by atoms with Gasteiger partial charge in [-0.3, -0.25) is 0 Å². The van der Waals surface area contributed by atoms with E-state index >= 15 is 0 Å². The second-order valence-electron chi connectivity index (χ2n) is 4.88. The number of fused-ring (bicyclic) bond motifs is 2. The van der Waals surface area contributed by atoms with E-state index in [-0.39, 0.29) is 0 Å². The molecule has 0 saturated heterocycles. The Labute approximate surface area is 105 Å². The Kier molecular flexibility index (Phi) is 2.42. The van der Waals surface area contributed by atoms with Crippen molar-refractivity contribution in [3.63, 3.8) is 0 Å². The summed E-state index contributed by atoms with van der Waals surface area (Å²) in [6.45, 7) is 1.17. The van der Waals surface area contributed by atoms with Gasteiger partial charge in [0, 0.05) is 21.2 Å². The lowest BCUT2D eigenvalue weighted by Crippen LogP contribution is -2.30. The van der Waals surface area contributed by atoms with Crippen molar-refractivity contribution in [1.82, 2.24) is 0 Å². The van der Waals surface area contributed by atoms with Gasteiger partial charge in [0.15, 0.2) is 0 Å². The second kappa shape index (κ2) is 3.65. The zero-order chi connectivity index (χ0) is 10.3. The van der Waals surface area contributed by atoms with Gasteiger partial charge in [0.25, 0.3) is 0 Å². The molecule has 1 nitrogen and oxygen atoms in total. The van der Waals surface area contributed by atoms with Gasteiger partial charge >= 0.3 is 0 Å². The molecular formula is C13H16IN. The maximum absolute atomic E-state index is 3.60. The standard InChI is InChI=1S/C13H16IN/c14-10-4-5-11-12(8-10)15-9-13(11)6-2-1-3-7-13/h4-5,8,15H,1-3,6-7,9H2. The summed E-state index contributed by atoms with van der Waals surface area (Å²) in [5, 5.41) is 3.60. The van der Waals surface area contributed by atoms with E-state index < -0.39 is 0 Å². The smallest absolute Gasteiger partial charge is 0.0390 e. The first kappa shape index (κ1) is 9.94. The molecule has 0 atom stereocenters. The zero-order valence-corrected chi connectivity index (χ0v) is 11.0. The van der Waals surface area contributed by atoms with E-state index in [9.17, 15) is 0 Å². The quantitative estimate of drug-likeness (QED) is 0.716. The molecule has 80 valence electrons. The van der Waals surface area contributed by atoms with Crippen LogP contribution in [0.25, 0.3) is 0 Å². The van der Waals surface area contributed by atoms with Gasteiger partial charge in [0.05, 0.1) is 0 Å². The van der Waals surface area contributed by atoms with Crippen LogP contribution < -0.4 is 5.32 Å². The van der Waals surface area contributed by atoms with E-state index in [1.165, 1.54) is 47.9 Å². The van der Waals surface area contributed by atoms with Crippen LogP contribution in [-0.2, 0) is 5.41 Å². The molecule has 0 radical (unpaired) electrons. The van der Waals surface area contributed by atoms with Gasteiger partial charge in [-0.25, -0.2) is 0 Å². The lowest BCUT2D eigenvalue weighted by atomic mass is 9.71. The molecule has 1 spiro atoms. The van der Waals surface area contributed by atoms with Crippen molar-refractivity contribution >= 4 is 28.3 Å². The molecule has 0 amide bonds. The molecule has 2 aliphatic rings. The van der Waals surface area contributed by atoms with Gasteiger partial charge in [-0.15, -0.1) is 0 Å². The number of hydrogen-bond donors (Lipinski definition) is 1. The van der Waals surface area contributed by atoms with E-state index in [4.69, 9.17) is 0 Å². The highest BCUT2D eigenvalue weighted by Gasteiger charge is 2.39. The summed E-state index contributed by atoms with van der Waals surface area (Å²) >= 11 is 2.39. The fraction of sp³-hybridized carbons (Fsp3) is 0.538. The molecule has 15 heavy (non-hydrogen) atoms. The van der Waals surface area contributed by atoms with Crippen LogP contribution in [0.15, 0.2) is 18.2 Å². The van der Waals surface area contributed by atoms with E-state index in [0.29, 0.717) is 5.41 Å². The van der Waals surface area contributed by atoms with Crippen LogP contribution in [0.1, 0.15) is 37.7 Å². The third-order valence-corrected chi connectivity index (χ3v) is 4.65. The van der Waals surface area contributed by atoms with Crippen LogP contribution in [0.5, 0.6) is 0 Å². The zero-order valence-electron chi connectivity index (χ0n) is 8.85. The monoisotopic (exact) mass is 313 g/mol. The highest BCUT2D eigenvalue weighted by Crippen LogP contribution is 2.46. The first-order chi connectivity index (χ1) is 7.30. The fourth-order valence-corrected chi connectivity index (χ4v) is 3.65. The Morgan fingerprint density at radius 2 is 1.93 bits per heavy atom. The van der Waals surface area contributed by atoms with Crippen LogP contribution in [0.4, 0.5) is 5.69 Å². The van der Waals surface area contributed by atoms with Gasteiger partial charge < -0.3 is 5.32 Å². The number of rotatable bonds is 0. The summed E-state index contributed by atoms with van der Waals surface area (Å²) in [5.41, 5.74) is 3.46.